The van der Waals surface area contributed by atoms with Gasteiger partial charge < -0.3 is 9.51 Å². The lowest BCUT2D eigenvalue weighted by atomic mass is 10.1. The van der Waals surface area contributed by atoms with Crippen molar-refractivity contribution in [3.8, 4) is 0 Å². The summed E-state index contributed by atoms with van der Waals surface area (Å²) >= 11 is 0. The maximum absolute atomic E-state index is 5.09. The molecule has 2 aromatic rings. The molecule has 1 aliphatic rings. The topological polar surface area (TPSA) is 58.0 Å². The van der Waals surface area contributed by atoms with Crippen LogP contribution in [-0.4, -0.2) is 33.1 Å². The van der Waals surface area contributed by atoms with Gasteiger partial charge in [-0.1, -0.05) is 5.16 Å². The lowest BCUT2D eigenvalue weighted by Gasteiger charge is -2.13. The van der Waals surface area contributed by atoms with E-state index in [9.17, 15) is 0 Å². The lowest BCUT2D eigenvalue weighted by molar-refractivity contribution is 0.307. The molecule has 0 spiro atoms. The highest BCUT2D eigenvalue weighted by molar-refractivity contribution is 5.08. The second kappa shape index (κ2) is 4.57. The van der Waals surface area contributed by atoms with Crippen LogP contribution >= 0.6 is 0 Å². The minimum absolute atomic E-state index is 0.520. The van der Waals surface area contributed by atoms with Crippen LogP contribution in [0.4, 0.5) is 0 Å². The fraction of sp³-hybridized carbons (Fsp3) is 0.538. The molecule has 0 amide bonds. The second-order valence-electron chi connectivity index (χ2n) is 5.10. The number of imidazole rings is 1. The van der Waals surface area contributed by atoms with Crippen molar-refractivity contribution < 1.29 is 4.52 Å². The number of nitrogens with one attached hydrogen (secondary N) is 1. The SMILES string of the molecule is Cc1cnc([C@@H]2CCN(Cc3cc(C)on3)C2)[nH]1. The van der Waals surface area contributed by atoms with E-state index < -0.39 is 0 Å². The number of aromatic nitrogens is 3. The van der Waals surface area contributed by atoms with Gasteiger partial charge in [0.05, 0.1) is 5.69 Å². The Morgan fingerprint density at radius 2 is 2.39 bits per heavy atom. The van der Waals surface area contributed by atoms with Crippen LogP contribution in [0.25, 0.3) is 0 Å². The molecule has 1 saturated heterocycles. The second-order valence-corrected chi connectivity index (χ2v) is 5.10. The highest BCUT2D eigenvalue weighted by atomic mass is 16.5. The van der Waals surface area contributed by atoms with Crippen LogP contribution in [0.5, 0.6) is 0 Å². The minimum Gasteiger partial charge on any atom is -0.361 e. The smallest absolute Gasteiger partial charge is 0.133 e. The van der Waals surface area contributed by atoms with Crippen LogP contribution in [0, 0.1) is 13.8 Å². The van der Waals surface area contributed by atoms with Crippen LogP contribution in [-0.2, 0) is 6.54 Å². The molecule has 18 heavy (non-hydrogen) atoms. The summed E-state index contributed by atoms with van der Waals surface area (Å²) in [6, 6.07) is 2.00. The molecule has 0 bridgehead atoms. The van der Waals surface area contributed by atoms with Crippen molar-refractivity contribution in [2.45, 2.75) is 32.7 Å². The average Bonchev–Trinajstić information content (AvgIpc) is 3.01. The van der Waals surface area contributed by atoms with Gasteiger partial charge in [0.1, 0.15) is 11.6 Å². The first-order valence-electron chi connectivity index (χ1n) is 6.37. The normalized spacial score (nSPS) is 20.7. The van der Waals surface area contributed by atoms with E-state index in [0.717, 1.165) is 49.0 Å². The zero-order valence-corrected chi connectivity index (χ0v) is 10.8. The molecule has 0 aliphatic carbocycles. The first-order chi connectivity index (χ1) is 8.70. The van der Waals surface area contributed by atoms with E-state index in [4.69, 9.17) is 4.52 Å². The molecule has 5 nitrogen and oxygen atoms in total. The Hall–Kier alpha value is -1.62. The van der Waals surface area contributed by atoms with Crippen molar-refractivity contribution in [3.63, 3.8) is 0 Å². The third-order valence-electron chi connectivity index (χ3n) is 3.44. The van der Waals surface area contributed by atoms with Crippen LogP contribution in [0.1, 0.15) is 35.3 Å². The van der Waals surface area contributed by atoms with E-state index in [1.165, 1.54) is 0 Å². The van der Waals surface area contributed by atoms with E-state index in [2.05, 4.69) is 20.0 Å². The van der Waals surface area contributed by atoms with Gasteiger partial charge in [-0.05, 0) is 26.8 Å². The standard InChI is InChI=1S/C13H18N4O/c1-9-6-14-13(15-9)11-3-4-17(7-11)8-12-5-10(2)18-16-12/h5-6,11H,3-4,7-8H2,1-2H3,(H,14,15)/t11-/m1/s1. The maximum Gasteiger partial charge on any atom is 0.133 e. The number of H-pyrrole nitrogens is 1. The molecule has 3 heterocycles. The molecule has 2 aromatic heterocycles. The van der Waals surface area contributed by atoms with Crippen molar-refractivity contribution in [1.82, 2.24) is 20.0 Å². The predicted molar refractivity (Wildman–Crippen MR) is 67.2 cm³/mol. The number of hydrogen-bond acceptors (Lipinski definition) is 4. The van der Waals surface area contributed by atoms with Crippen molar-refractivity contribution >= 4 is 0 Å². The zero-order valence-electron chi connectivity index (χ0n) is 10.8. The molecule has 0 saturated carbocycles. The van der Waals surface area contributed by atoms with Crippen LogP contribution in [0.15, 0.2) is 16.8 Å². The van der Waals surface area contributed by atoms with Crippen LogP contribution < -0.4 is 0 Å². The summed E-state index contributed by atoms with van der Waals surface area (Å²) in [7, 11) is 0. The van der Waals surface area contributed by atoms with Gasteiger partial charge >= 0.3 is 0 Å². The quantitative estimate of drug-likeness (QED) is 0.900. The van der Waals surface area contributed by atoms with Crippen molar-refractivity contribution in [3.05, 3.63) is 35.2 Å². The Morgan fingerprint density at radius 3 is 3.06 bits per heavy atom. The highest BCUT2D eigenvalue weighted by Crippen LogP contribution is 2.26. The van der Waals surface area contributed by atoms with Crippen molar-refractivity contribution in [2.75, 3.05) is 13.1 Å². The van der Waals surface area contributed by atoms with E-state index in [-0.39, 0.29) is 0 Å². The maximum atomic E-state index is 5.09. The van der Waals surface area contributed by atoms with Gasteiger partial charge in [-0.15, -0.1) is 0 Å². The number of nitrogens with zero attached hydrogens (tertiary/aromatic N) is 3. The van der Waals surface area contributed by atoms with Gasteiger partial charge in [0.2, 0.25) is 0 Å². The first kappa shape index (κ1) is 11.5. The summed E-state index contributed by atoms with van der Waals surface area (Å²) in [4.78, 5) is 10.2. The summed E-state index contributed by atoms with van der Waals surface area (Å²) in [6.45, 7) is 6.97. The monoisotopic (exact) mass is 246 g/mol. The molecule has 0 unspecified atom stereocenters. The molecule has 1 fully saturated rings. The number of hydrogen-bond donors (Lipinski definition) is 1. The molecule has 0 aromatic carbocycles. The Balaban J connectivity index is 1.61. The minimum atomic E-state index is 0.520. The predicted octanol–water partition coefficient (Wildman–Crippen LogP) is 2.00. The van der Waals surface area contributed by atoms with E-state index in [0.29, 0.717) is 5.92 Å². The Kier molecular flexibility index (Phi) is 2.91. The highest BCUT2D eigenvalue weighted by Gasteiger charge is 2.26. The molecule has 96 valence electrons. The molecule has 1 aliphatic heterocycles. The lowest BCUT2D eigenvalue weighted by Crippen LogP contribution is -2.20. The van der Waals surface area contributed by atoms with Gasteiger partial charge in [-0.2, -0.15) is 0 Å². The van der Waals surface area contributed by atoms with E-state index >= 15 is 0 Å². The fourth-order valence-corrected chi connectivity index (χ4v) is 2.56. The molecule has 1 atom stereocenters. The Labute approximate surface area is 106 Å². The van der Waals surface area contributed by atoms with E-state index in [1.807, 2.05) is 26.1 Å². The van der Waals surface area contributed by atoms with E-state index in [1.54, 1.807) is 0 Å². The van der Waals surface area contributed by atoms with Crippen LogP contribution in [0.3, 0.4) is 0 Å². The number of aromatic amines is 1. The van der Waals surface area contributed by atoms with Crippen molar-refractivity contribution in [2.24, 2.45) is 0 Å². The Bertz CT molecular complexity index is 531. The molecular formula is C13H18N4O. The number of rotatable bonds is 3. The molecular weight excluding hydrogens is 228 g/mol. The fourth-order valence-electron chi connectivity index (χ4n) is 2.56. The summed E-state index contributed by atoms with van der Waals surface area (Å²) < 4.78 is 5.09. The van der Waals surface area contributed by atoms with Crippen molar-refractivity contribution in [1.29, 1.82) is 0 Å². The Morgan fingerprint density at radius 1 is 1.50 bits per heavy atom. The van der Waals surface area contributed by atoms with Gasteiger partial charge in [0, 0.05) is 37.0 Å². The average molecular weight is 246 g/mol. The number of aryl methyl sites for hydroxylation is 2. The first-order valence-corrected chi connectivity index (χ1v) is 6.37. The van der Waals surface area contributed by atoms with Crippen LogP contribution in [0.2, 0.25) is 0 Å². The largest absolute Gasteiger partial charge is 0.361 e. The molecule has 0 radical (unpaired) electrons. The van der Waals surface area contributed by atoms with Gasteiger partial charge in [0.15, 0.2) is 0 Å². The summed E-state index contributed by atoms with van der Waals surface area (Å²) in [6.07, 6.45) is 3.06. The third kappa shape index (κ3) is 2.31. The summed E-state index contributed by atoms with van der Waals surface area (Å²) in [5, 5.41) is 4.04. The summed E-state index contributed by atoms with van der Waals surface area (Å²) in [5.74, 6) is 2.51. The van der Waals surface area contributed by atoms with Gasteiger partial charge in [-0.25, -0.2) is 4.98 Å². The van der Waals surface area contributed by atoms with Gasteiger partial charge in [0.25, 0.3) is 0 Å². The molecule has 5 heteroatoms. The molecule has 3 rings (SSSR count). The molecule has 1 N–H and O–H groups in total. The zero-order chi connectivity index (χ0) is 12.5. The third-order valence-corrected chi connectivity index (χ3v) is 3.44. The number of likely N-dealkylation sites (tertiary alicyclic amines) is 1. The van der Waals surface area contributed by atoms with Gasteiger partial charge in [-0.3, -0.25) is 4.90 Å². The summed E-state index contributed by atoms with van der Waals surface area (Å²) in [5.41, 5.74) is 2.15.